The number of para-hydroxylation sites is 1. The van der Waals surface area contributed by atoms with Gasteiger partial charge in [-0.15, -0.1) is 0 Å². The molecule has 21 heavy (non-hydrogen) atoms. The molecule has 5 heteroatoms. The molecule has 0 fully saturated rings. The van der Waals surface area contributed by atoms with E-state index in [0.29, 0.717) is 13.1 Å². The summed E-state index contributed by atoms with van der Waals surface area (Å²) < 4.78 is 0. The van der Waals surface area contributed by atoms with Crippen molar-refractivity contribution in [2.45, 2.75) is 27.2 Å². The maximum atomic E-state index is 12.2. The Morgan fingerprint density at radius 1 is 1.33 bits per heavy atom. The predicted molar refractivity (Wildman–Crippen MR) is 84.9 cm³/mol. The van der Waals surface area contributed by atoms with Gasteiger partial charge in [0.1, 0.15) is 0 Å². The number of nitrogens with two attached hydrogens (primary N) is 1. The fraction of sp³-hybridized carbons (Fsp3) is 0.500. The van der Waals surface area contributed by atoms with Crippen LogP contribution in [-0.4, -0.2) is 36.3 Å². The van der Waals surface area contributed by atoms with Crippen molar-refractivity contribution in [2.24, 2.45) is 11.7 Å². The quantitative estimate of drug-likeness (QED) is 0.804. The third kappa shape index (κ3) is 5.19. The lowest BCUT2D eigenvalue weighted by Crippen LogP contribution is -2.42. The standard InChI is InChI=1S/C16H25N3O2/c1-4-9-19(16(21)13(3)10-17)11-15(20)18-14-8-6-5-7-12(14)2/h5-8,13H,4,9-11,17H2,1-3H3,(H,18,20). The first-order valence-electron chi connectivity index (χ1n) is 7.33. The van der Waals surface area contributed by atoms with Crippen molar-refractivity contribution in [3.8, 4) is 0 Å². The maximum absolute atomic E-state index is 12.2. The highest BCUT2D eigenvalue weighted by molar-refractivity contribution is 5.95. The summed E-state index contributed by atoms with van der Waals surface area (Å²) in [5.41, 5.74) is 7.30. The van der Waals surface area contributed by atoms with Gasteiger partial charge in [0.15, 0.2) is 0 Å². The van der Waals surface area contributed by atoms with Crippen LogP contribution in [0.15, 0.2) is 24.3 Å². The number of benzene rings is 1. The predicted octanol–water partition coefficient (Wildman–Crippen LogP) is 1.77. The van der Waals surface area contributed by atoms with Crippen LogP contribution in [-0.2, 0) is 9.59 Å². The van der Waals surface area contributed by atoms with Crippen LogP contribution in [0, 0.1) is 12.8 Å². The maximum Gasteiger partial charge on any atom is 0.244 e. The SMILES string of the molecule is CCCN(CC(=O)Nc1ccccc1C)C(=O)C(C)CN. The van der Waals surface area contributed by atoms with E-state index in [0.717, 1.165) is 17.7 Å². The zero-order valence-electron chi connectivity index (χ0n) is 13.1. The van der Waals surface area contributed by atoms with E-state index in [4.69, 9.17) is 5.73 Å². The van der Waals surface area contributed by atoms with Crippen LogP contribution in [0.5, 0.6) is 0 Å². The number of aryl methyl sites for hydroxylation is 1. The summed E-state index contributed by atoms with van der Waals surface area (Å²) in [6, 6.07) is 7.57. The number of hydrogen-bond acceptors (Lipinski definition) is 3. The number of carbonyl (C=O) groups is 2. The molecule has 0 aliphatic carbocycles. The van der Waals surface area contributed by atoms with E-state index in [2.05, 4.69) is 5.32 Å². The molecule has 2 amide bonds. The molecule has 1 rings (SSSR count). The summed E-state index contributed by atoms with van der Waals surface area (Å²) in [5, 5.41) is 2.85. The van der Waals surface area contributed by atoms with E-state index in [1.165, 1.54) is 0 Å². The highest BCUT2D eigenvalue weighted by Gasteiger charge is 2.21. The molecule has 0 bridgehead atoms. The van der Waals surface area contributed by atoms with E-state index in [-0.39, 0.29) is 24.3 Å². The van der Waals surface area contributed by atoms with Gasteiger partial charge in [-0.25, -0.2) is 0 Å². The van der Waals surface area contributed by atoms with Gasteiger partial charge in [0.2, 0.25) is 11.8 Å². The first-order valence-corrected chi connectivity index (χ1v) is 7.33. The number of anilines is 1. The Morgan fingerprint density at radius 3 is 2.57 bits per heavy atom. The largest absolute Gasteiger partial charge is 0.333 e. The Kier molecular flexibility index (Phi) is 6.88. The van der Waals surface area contributed by atoms with Crippen molar-refractivity contribution >= 4 is 17.5 Å². The fourth-order valence-corrected chi connectivity index (χ4v) is 2.03. The van der Waals surface area contributed by atoms with Crippen LogP contribution < -0.4 is 11.1 Å². The molecule has 0 spiro atoms. The fourth-order valence-electron chi connectivity index (χ4n) is 2.03. The normalized spacial score (nSPS) is 11.8. The molecule has 0 aromatic heterocycles. The molecule has 116 valence electrons. The van der Waals surface area contributed by atoms with Crippen LogP contribution in [0.4, 0.5) is 5.69 Å². The van der Waals surface area contributed by atoms with Crippen LogP contribution in [0.3, 0.4) is 0 Å². The number of rotatable bonds is 7. The second-order valence-corrected chi connectivity index (χ2v) is 5.26. The third-order valence-electron chi connectivity index (χ3n) is 3.33. The van der Waals surface area contributed by atoms with Crippen molar-refractivity contribution < 1.29 is 9.59 Å². The van der Waals surface area contributed by atoms with Gasteiger partial charge in [-0.1, -0.05) is 32.0 Å². The molecule has 0 aliphatic heterocycles. The van der Waals surface area contributed by atoms with Gasteiger partial charge in [0.05, 0.1) is 6.54 Å². The number of nitrogens with one attached hydrogen (secondary N) is 1. The molecule has 1 atom stereocenters. The zero-order chi connectivity index (χ0) is 15.8. The first-order chi connectivity index (χ1) is 9.99. The second-order valence-electron chi connectivity index (χ2n) is 5.26. The summed E-state index contributed by atoms with van der Waals surface area (Å²) in [6.45, 7) is 6.60. The number of amides is 2. The average molecular weight is 291 g/mol. The molecule has 0 radical (unpaired) electrons. The number of hydrogen-bond donors (Lipinski definition) is 2. The van der Waals surface area contributed by atoms with E-state index in [1.807, 2.05) is 38.1 Å². The minimum atomic E-state index is -0.261. The molecule has 5 nitrogen and oxygen atoms in total. The monoisotopic (exact) mass is 291 g/mol. The highest BCUT2D eigenvalue weighted by Crippen LogP contribution is 2.13. The summed E-state index contributed by atoms with van der Waals surface area (Å²) in [7, 11) is 0. The average Bonchev–Trinajstić information content (AvgIpc) is 2.47. The Labute approximate surface area is 126 Å². The summed E-state index contributed by atoms with van der Waals surface area (Å²) in [5.74, 6) is -0.516. The molecule has 0 heterocycles. The Bertz CT molecular complexity index is 488. The Hall–Kier alpha value is -1.88. The van der Waals surface area contributed by atoms with Gasteiger partial charge < -0.3 is 16.0 Å². The summed E-state index contributed by atoms with van der Waals surface area (Å²) in [6.07, 6.45) is 0.806. The Balaban J connectivity index is 2.69. The van der Waals surface area contributed by atoms with Gasteiger partial charge in [0, 0.05) is 24.7 Å². The van der Waals surface area contributed by atoms with Crippen LogP contribution in [0.2, 0.25) is 0 Å². The van der Waals surface area contributed by atoms with Gasteiger partial charge in [-0.05, 0) is 25.0 Å². The van der Waals surface area contributed by atoms with E-state index in [1.54, 1.807) is 11.8 Å². The lowest BCUT2D eigenvalue weighted by atomic mass is 10.1. The second kappa shape index (κ2) is 8.42. The molecular weight excluding hydrogens is 266 g/mol. The topological polar surface area (TPSA) is 75.4 Å². The summed E-state index contributed by atoms with van der Waals surface area (Å²) in [4.78, 5) is 25.9. The molecule has 0 saturated carbocycles. The zero-order valence-corrected chi connectivity index (χ0v) is 13.1. The smallest absolute Gasteiger partial charge is 0.244 e. The van der Waals surface area contributed by atoms with Gasteiger partial charge >= 0.3 is 0 Å². The van der Waals surface area contributed by atoms with Crippen molar-refractivity contribution in [3.63, 3.8) is 0 Å². The molecule has 1 aromatic rings. The van der Waals surface area contributed by atoms with Crippen molar-refractivity contribution in [3.05, 3.63) is 29.8 Å². The molecular formula is C16H25N3O2. The first kappa shape index (κ1) is 17.2. The van der Waals surface area contributed by atoms with Crippen molar-refractivity contribution in [1.82, 2.24) is 4.90 Å². The van der Waals surface area contributed by atoms with Crippen molar-refractivity contribution in [1.29, 1.82) is 0 Å². The van der Waals surface area contributed by atoms with Gasteiger partial charge in [0.25, 0.3) is 0 Å². The third-order valence-corrected chi connectivity index (χ3v) is 3.33. The lowest BCUT2D eigenvalue weighted by molar-refractivity contribution is -0.137. The lowest BCUT2D eigenvalue weighted by Gasteiger charge is -2.24. The molecule has 0 saturated heterocycles. The van der Waals surface area contributed by atoms with Gasteiger partial charge in [-0.2, -0.15) is 0 Å². The molecule has 0 aliphatic rings. The van der Waals surface area contributed by atoms with E-state index >= 15 is 0 Å². The minimum absolute atomic E-state index is 0.0609. The highest BCUT2D eigenvalue weighted by atomic mass is 16.2. The van der Waals surface area contributed by atoms with Crippen LogP contribution >= 0.6 is 0 Å². The van der Waals surface area contributed by atoms with Crippen LogP contribution in [0.1, 0.15) is 25.8 Å². The van der Waals surface area contributed by atoms with E-state index < -0.39 is 0 Å². The summed E-state index contributed by atoms with van der Waals surface area (Å²) >= 11 is 0. The van der Waals surface area contributed by atoms with Gasteiger partial charge in [-0.3, -0.25) is 9.59 Å². The molecule has 1 unspecified atom stereocenters. The van der Waals surface area contributed by atoms with Crippen molar-refractivity contribution in [2.75, 3.05) is 25.0 Å². The molecule has 1 aromatic carbocycles. The Morgan fingerprint density at radius 2 is 2.00 bits per heavy atom. The minimum Gasteiger partial charge on any atom is -0.333 e. The van der Waals surface area contributed by atoms with E-state index in [9.17, 15) is 9.59 Å². The van der Waals surface area contributed by atoms with Crippen LogP contribution in [0.25, 0.3) is 0 Å². The molecule has 3 N–H and O–H groups in total. The number of nitrogens with zero attached hydrogens (tertiary/aromatic N) is 1. The number of carbonyl (C=O) groups excluding carboxylic acids is 2.